The van der Waals surface area contributed by atoms with E-state index in [9.17, 15) is 9.59 Å². The molecule has 6 rings (SSSR count). The van der Waals surface area contributed by atoms with E-state index in [-0.39, 0.29) is 23.7 Å². The molecule has 32 heavy (non-hydrogen) atoms. The number of hydrogen-bond acceptors (Lipinski definition) is 4. The van der Waals surface area contributed by atoms with Gasteiger partial charge in [0.05, 0.1) is 11.8 Å². The van der Waals surface area contributed by atoms with Crippen LogP contribution in [0.5, 0.6) is 0 Å². The van der Waals surface area contributed by atoms with E-state index in [1.54, 1.807) is 12.3 Å². The monoisotopic (exact) mass is 427 g/mol. The van der Waals surface area contributed by atoms with Gasteiger partial charge >= 0.3 is 0 Å². The standard InChI is InChI=1S/C25H25N5O2/c31-24(18-12-17(18)14-4-2-1-3-5-14)28-16-10-19-22-20(13-27-30-25(19)32)23(29-21(22)11-16)15-6-8-26-9-7-15/h1-5,10-11,13,15,17-18,26,29H,6-9,12H2,(H,28,31)(H,30,32). The zero-order valence-corrected chi connectivity index (χ0v) is 17.7. The molecule has 0 radical (unpaired) electrons. The molecular weight excluding hydrogens is 402 g/mol. The molecule has 2 aromatic carbocycles. The van der Waals surface area contributed by atoms with Gasteiger partial charge in [-0.15, -0.1) is 0 Å². The molecule has 4 N–H and O–H groups in total. The zero-order valence-electron chi connectivity index (χ0n) is 17.7. The molecule has 3 aliphatic rings. The summed E-state index contributed by atoms with van der Waals surface area (Å²) in [6, 6.07) is 13.9. The maximum Gasteiger partial charge on any atom is 0.272 e. The van der Waals surface area contributed by atoms with Crippen molar-refractivity contribution < 1.29 is 9.59 Å². The van der Waals surface area contributed by atoms with Crippen molar-refractivity contribution in [1.29, 1.82) is 0 Å². The van der Waals surface area contributed by atoms with Crippen molar-refractivity contribution >= 4 is 34.6 Å². The average Bonchev–Trinajstić information content (AvgIpc) is 3.57. The molecule has 1 aromatic heterocycles. The van der Waals surface area contributed by atoms with Crippen molar-refractivity contribution in [3.63, 3.8) is 0 Å². The minimum atomic E-state index is -0.259. The Hall–Kier alpha value is -3.45. The zero-order chi connectivity index (χ0) is 21.7. The fraction of sp³-hybridized carbons (Fsp3) is 0.320. The van der Waals surface area contributed by atoms with Crippen molar-refractivity contribution in [3.8, 4) is 0 Å². The molecule has 3 aromatic rings. The van der Waals surface area contributed by atoms with E-state index in [1.165, 1.54) is 5.56 Å². The Morgan fingerprint density at radius 3 is 2.72 bits per heavy atom. The molecule has 2 atom stereocenters. The first-order valence-electron chi connectivity index (χ1n) is 11.3. The second-order valence-electron chi connectivity index (χ2n) is 8.97. The van der Waals surface area contributed by atoms with Crippen molar-refractivity contribution in [2.24, 2.45) is 11.0 Å². The first kappa shape index (κ1) is 19.3. The molecule has 1 saturated heterocycles. The second-order valence-corrected chi connectivity index (χ2v) is 8.97. The third kappa shape index (κ3) is 3.29. The predicted molar refractivity (Wildman–Crippen MR) is 124 cm³/mol. The van der Waals surface area contributed by atoms with Crippen LogP contribution in [0.15, 0.2) is 47.6 Å². The highest BCUT2D eigenvalue weighted by Gasteiger charge is 2.43. The number of carbonyl (C=O) groups excluding carboxylic acids is 2. The van der Waals surface area contributed by atoms with E-state index in [4.69, 9.17) is 0 Å². The molecule has 0 spiro atoms. The van der Waals surface area contributed by atoms with Gasteiger partial charge in [-0.25, -0.2) is 5.43 Å². The van der Waals surface area contributed by atoms with Crippen LogP contribution in [-0.4, -0.2) is 36.1 Å². The van der Waals surface area contributed by atoms with Gasteiger partial charge in [-0.3, -0.25) is 9.59 Å². The summed E-state index contributed by atoms with van der Waals surface area (Å²) < 4.78 is 0. The largest absolute Gasteiger partial charge is 0.358 e. The van der Waals surface area contributed by atoms with E-state index >= 15 is 0 Å². The summed E-state index contributed by atoms with van der Waals surface area (Å²) >= 11 is 0. The molecule has 2 amide bonds. The number of nitrogens with one attached hydrogen (secondary N) is 4. The van der Waals surface area contributed by atoms with Crippen LogP contribution < -0.4 is 16.1 Å². The topological polar surface area (TPSA) is 98.4 Å². The van der Waals surface area contributed by atoms with E-state index in [2.05, 4.69) is 38.3 Å². The number of aromatic nitrogens is 1. The Labute approximate surface area is 185 Å². The van der Waals surface area contributed by atoms with Crippen LogP contribution in [0, 0.1) is 5.92 Å². The lowest BCUT2D eigenvalue weighted by Crippen LogP contribution is -2.27. The first-order valence-corrected chi connectivity index (χ1v) is 11.3. The molecule has 2 fully saturated rings. The molecule has 3 heterocycles. The van der Waals surface area contributed by atoms with Crippen molar-refractivity contribution in [2.75, 3.05) is 18.4 Å². The van der Waals surface area contributed by atoms with E-state index in [0.29, 0.717) is 17.2 Å². The molecule has 0 bridgehead atoms. The SMILES string of the molecule is O=C1NN=Cc2c(C3CCNCC3)[nH]c3cc(NC(=O)C4CC4c4ccccc4)cc1c23. The van der Waals surface area contributed by atoms with Crippen LogP contribution in [0.1, 0.15) is 58.3 Å². The van der Waals surface area contributed by atoms with Gasteiger partial charge in [0.1, 0.15) is 0 Å². The molecular formula is C25H25N5O2. The molecule has 2 unspecified atom stereocenters. The number of hydrogen-bond donors (Lipinski definition) is 4. The summed E-state index contributed by atoms with van der Waals surface area (Å²) in [6.45, 7) is 1.96. The van der Waals surface area contributed by atoms with Crippen LogP contribution in [0.3, 0.4) is 0 Å². The van der Waals surface area contributed by atoms with Gasteiger partial charge in [0.2, 0.25) is 5.91 Å². The van der Waals surface area contributed by atoms with Gasteiger partial charge in [-0.1, -0.05) is 30.3 Å². The predicted octanol–water partition coefficient (Wildman–Crippen LogP) is 3.45. The summed E-state index contributed by atoms with van der Waals surface area (Å²) in [5, 5.41) is 11.5. The van der Waals surface area contributed by atoms with Gasteiger partial charge in [0, 0.05) is 39.7 Å². The number of carbonyl (C=O) groups is 2. The highest BCUT2D eigenvalue weighted by atomic mass is 16.2. The van der Waals surface area contributed by atoms with Crippen LogP contribution in [0.4, 0.5) is 5.69 Å². The number of nitrogens with zero attached hydrogens (tertiary/aromatic N) is 1. The van der Waals surface area contributed by atoms with E-state index < -0.39 is 0 Å². The van der Waals surface area contributed by atoms with E-state index in [0.717, 1.165) is 54.5 Å². The van der Waals surface area contributed by atoms with Crippen LogP contribution in [0.2, 0.25) is 0 Å². The maximum absolute atomic E-state index is 12.9. The number of hydrazone groups is 1. The number of H-pyrrole nitrogens is 1. The minimum absolute atomic E-state index is 0.000964. The van der Waals surface area contributed by atoms with Crippen molar-refractivity contribution in [1.82, 2.24) is 15.7 Å². The Bertz CT molecular complexity index is 1240. The minimum Gasteiger partial charge on any atom is -0.358 e. The smallest absolute Gasteiger partial charge is 0.272 e. The lowest BCUT2D eigenvalue weighted by molar-refractivity contribution is -0.117. The molecule has 7 nitrogen and oxygen atoms in total. The fourth-order valence-electron chi connectivity index (χ4n) is 5.20. The Morgan fingerprint density at radius 1 is 1.09 bits per heavy atom. The first-order chi connectivity index (χ1) is 15.7. The third-order valence-electron chi connectivity index (χ3n) is 6.94. The molecule has 162 valence electrons. The van der Waals surface area contributed by atoms with Gasteiger partial charge in [0.15, 0.2) is 0 Å². The van der Waals surface area contributed by atoms with Gasteiger partial charge < -0.3 is 15.6 Å². The van der Waals surface area contributed by atoms with Crippen molar-refractivity contribution in [3.05, 3.63) is 64.8 Å². The van der Waals surface area contributed by atoms with Gasteiger partial charge in [0.25, 0.3) is 5.91 Å². The molecule has 1 aliphatic carbocycles. The van der Waals surface area contributed by atoms with Gasteiger partial charge in [-0.2, -0.15) is 5.10 Å². The molecule has 2 aliphatic heterocycles. The summed E-state index contributed by atoms with van der Waals surface area (Å²) in [5.74, 6) is 0.365. The van der Waals surface area contributed by atoms with Crippen LogP contribution >= 0.6 is 0 Å². The number of rotatable bonds is 4. The second kappa shape index (κ2) is 7.60. The Morgan fingerprint density at radius 2 is 1.91 bits per heavy atom. The fourth-order valence-corrected chi connectivity index (χ4v) is 5.20. The normalized spacial score (nSPS) is 22.4. The highest BCUT2D eigenvalue weighted by molar-refractivity contribution is 6.16. The lowest BCUT2D eigenvalue weighted by Gasteiger charge is -2.22. The van der Waals surface area contributed by atoms with Gasteiger partial charge in [-0.05, 0) is 56.0 Å². The van der Waals surface area contributed by atoms with Crippen LogP contribution in [-0.2, 0) is 4.79 Å². The number of aromatic amines is 1. The van der Waals surface area contributed by atoms with Crippen LogP contribution in [0.25, 0.3) is 10.9 Å². The lowest BCUT2D eigenvalue weighted by atomic mass is 9.91. The number of piperidine rings is 1. The third-order valence-corrected chi connectivity index (χ3v) is 6.94. The Kier molecular flexibility index (Phi) is 4.57. The quantitative estimate of drug-likeness (QED) is 0.513. The average molecular weight is 428 g/mol. The summed E-state index contributed by atoms with van der Waals surface area (Å²) in [6.07, 6.45) is 4.68. The molecule has 1 saturated carbocycles. The highest BCUT2D eigenvalue weighted by Crippen LogP contribution is 2.48. The summed E-state index contributed by atoms with van der Waals surface area (Å²) in [5.41, 5.74) is 7.94. The van der Waals surface area contributed by atoms with Crippen molar-refractivity contribution in [2.45, 2.75) is 31.1 Å². The molecule has 7 heteroatoms. The Balaban J connectivity index is 1.32. The number of benzene rings is 2. The maximum atomic E-state index is 12.9. The van der Waals surface area contributed by atoms with E-state index in [1.807, 2.05) is 24.3 Å². The summed E-state index contributed by atoms with van der Waals surface area (Å²) in [7, 11) is 0. The number of amides is 2. The summed E-state index contributed by atoms with van der Waals surface area (Å²) in [4.78, 5) is 29.2. The number of anilines is 1.